The number of hydrogen-bond acceptors (Lipinski definition) is 2. The molecule has 1 saturated heterocycles. The molecule has 1 fully saturated rings. The van der Waals surface area contributed by atoms with Gasteiger partial charge >= 0.3 is 0 Å². The minimum Gasteiger partial charge on any atom is -0.340 e. The number of hydrogen-bond donors (Lipinski definition) is 1. The van der Waals surface area contributed by atoms with Crippen LogP contribution < -0.4 is 5.32 Å². The van der Waals surface area contributed by atoms with Crippen LogP contribution in [0.15, 0.2) is 12.7 Å². The fourth-order valence-corrected chi connectivity index (χ4v) is 1.41. The molecule has 1 amide bonds. The van der Waals surface area contributed by atoms with E-state index in [9.17, 15) is 4.79 Å². The van der Waals surface area contributed by atoms with Crippen LogP contribution >= 0.6 is 0 Å². The standard InChI is InChI=1S/C9H16N2O/c1-3-4-9(12)11-6-5-10-8(2)7-11/h3,8,10H,1,4-7H2,2H3/t8-/m0/s1. The van der Waals surface area contributed by atoms with Crippen molar-refractivity contribution in [3.05, 3.63) is 12.7 Å². The van der Waals surface area contributed by atoms with Gasteiger partial charge in [-0.3, -0.25) is 4.79 Å². The predicted octanol–water partition coefficient (Wildman–Crippen LogP) is 0.383. The van der Waals surface area contributed by atoms with E-state index >= 15 is 0 Å². The first-order valence-electron chi connectivity index (χ1n) is 4.36. The second-order valence-electron chi connectivity index (χ2n) is 3.19. The van der Waals surface area contributed by atoms with Crippen LogP contribution in [0.25, 0.3) is 0 Å². The largest absolute Gasteiger partial charge is 0.340 e. The molecule has 68 valence electrons. The lowest BCUT2D eigenvalue weighted by Gasteiger charge is -2.31. The Morgan fingerprint density at radius 2 is 2.58 bits per heavy atom. The summed E-state index contributed by atoms with van der Waals surface area (Å²) >= 11 is 0. The summed E-state index contributed by atoms with van der Waals surface area (Å²) in [6.45, 7) is 8.21. The highest BCUT2D eigenvalue weighted by atomic mass is 16.2. The minimum absolute atomic E-state index is 0.193. The van der Waals surface area contributed by atoms with Gasteiger partial charge in [-0.2, -0.15) is 0 Å². The van der Waals surface area contributed by atoms with Crippen LogP contribution in [-0.4, -0.2) is 36.5 Å². The minimum atomic E-state index is 0.193. The Hall–Kier alpha value is -0.830. The number of piperazine rings is 1. The molecule has 0 spiro atoms. The third-order valence-corrected chi connectivity index (χ3v) is 2.04. The van der Waals surface area contributed by atoms with Gasteiger partial charge in [-0.25, -0.2) is 0 Å². The quantitative estimate of drug-likeness (QED) is 0.605. The Morgan fingerprint density at radius 1 is 1.83 bits per heavy atom. The highest BCUT2D eigenvalue weighted by molar-refractivity contribution is 5.77. The van der Waals surface area contributed by atoms with Crippen molar-refractivity contribution < 1.29 is 4.79 Å². The molecule has 0 aromatic rings. The molecule has 0 bridgehead atoms. The van der Waals surface area contributed by atoms with Crippen molar-refractivity contribution in [3.8, 4) is 0 Å². The second-order valence-corrected chi connectivity index (χ2v) is 3.19. The molecule has 0 unspecified atom stereocenters. The van der Waals surface area contributed by atoms with Gasteiger partial charge in [0.1, 0.15) is 0 Å². The zero-order valence-corrected chi connectivity index (χ0v) is 7.55. The number of carbonyl (C=O) groups is 1. The van der Waals surface area contributed by atoms with Crippen molar-refractivity contribution >= 4 is 5.91 Å². The van der Waals surface area contributed by atoms with E-state index in [1.54, 1.807) is 6.08 Å². The lowest BCUT2D eigenvalue weighted by atomic mass is 10.2. The van der Waals surface area contributed by atoms with Gasteiger partial charge in [0.2, 0.25) is 5.91 Å². The normalized spacial score (nSPS) is 23.8. The van der Waals surface area contributed by atoms with Gasteiger partial charge in [-0.05, 0) is 6.92 Å². The first-order chi connectivity index (χ1) is 5.74. The van der Waals surface area contributed by atoms with Crippen molar-refractivity contribution in [1.82, 2.24) is 10.2 Å². The zero-order chi connectivity index (χ0) is 8.97. The van der Waals surface area contributed by atoms with Crippen LogP contribution in [0.5, 0.6) is 0 Å². The number of carbonyl (C=O) groups excluding carboxylic acids is 1. The van der Waals surface area contributed by atoms with Crippen molar-refractivity contribution in [2.75, 3.05) is 19.6 Å². The van der Waals surface area contributed by atoms with E-state index in [0.29, 0.717) is 12.5 Å². The Kier molecular flexibility index (Phi) is 3.29. The van der Waals surface area contributed by atoms with Gasteiger partial charge in [-0.15, -0.1) is 6.58 Å². The number of nitrogens with zero attached hydrogens (tertiary/aromatic N) is 1. The molecule has 0 aliphatic carbocycles. The summed E-state index contributed by atoms with van der Waals surface area (Å²) in [4.78, 5) is 13.3. The summed E-state index contributed by atoms with van der Waals surface area (Å²) in [5.41, 5.74) is 0. The second kappa shape index (κ2) is 4.26. The molecule has 0 saturated carbocycles. The van der Waals surface area contributed by atoms with Crippen LogP contribution in [0.1, 0.15) is 13.3 Å². The van der Waals surface area contributed by atoms with E-state index in [-0.39, 0.29) is 5.91 Å². The molecule has 3 nitrogen and oxygen atoms in total. The Labute approximate surface area is 73.4 Å². The van der Waals surface area contributed by atoms with E-state index in [4.69, 9.17) is 0 Å². The molecular weight excluding hydrogens is 152 g/mol. The van der Waals surface area contributed by atoms with Crippen molar-refractivity contribution in [2.24, 2.45) is 0 Å². The van der Waals surface area contributed by atoms with E-state index < -0.39 is 0 Å². The van der Waals surface area contributed by atoms with Gasteiger partial charge < -0.3 is 10.2 Å². The van der Waals surface area contributed by atoms with E-state index in [1.807, 2.05) is 4.90 Å². The van der Waals surface area contributed by atoms with Crippen molar-refractivity contribution in [1.29, 1.82) is 0 Å². The summed E-state index contributed by atoms with van der Waals surface area (Å²) in [5.74, 6) is 0.193. The molecule has 0 aromatic heterocycles. The van der Waals surface area contributed by atoms with Crippen LogP contribution in [0, 0.1) is 0 Å². The highest BCUT2D eigenvalue weighted by Crippen LogP contribution is 2.01. The lowest BCUT2D eigenvalue weighted by molar-refractivity contribution is -0.131. The number of rotatable bonds is 2. The highest BCUT2D eigenvalue weighted by Gasteiger charge is 2.18. The molecule has 12 heavy (non-hydrogen) atoms. The molecular formula is C9H16N2O. The number of amides is 1. The van der Waals surface area contributed by atoms with Crippen molar-refractivity contribution in [3.63, 3.8) is 0 Å². The molecule has 1 heterocycles. The Balaban J connectivity index is 2.39. The molecule has 0 aromatic carbocycles. The van der Waals surface area contributed by atoms with Gasteiger partial charge in [-0.1, -0.05) is 6.08 Å². The average molecular weight is 168 g/mol. The van der Waals surface area contributed by atoms with Crippen LogP contribution in [-0.2, 0) is 4.79 Å². The molecule has 1 N–H and O–H groups in total. The monoisotopic (exact) mass is 168 g/mol. The fraction of sp³-hybridized carbons (Fsp3) is 0.667. The first-order valence-corrected chi connectivity index (χ1v) is 4.36. The summed E-state index contributed by atoms with van der Waals surface area (Å²) in [6.07, 6.45) is 2.13. The summed E-state index contributed by atoms with van der Waals surface area (Å²) in [7, 11) is 0. The Bertz CT molecular complexity index is 179. The predicted molar refractivity (Wildman–Crippen MR) is 48.9 cm³/mol. The molecule has 1 atom stereocenters. The van der Waals surface area contributed by atoms with Gasteiger partial charge in [0, 0.05) is 32.1 Å². The van der Waals surface area contributed by atoms with Crippen LogP contribution in [0.3, 0.4) is 0 Å². The van der Waals surface area contributed by atoms with E-state index in [2.05, 4.69) is 18.8 Å². The van der Waals surface area contributed by atoms with E-state index in [0.717, 1.165) is 19.6 Å². The van der Waals surface area contributed by atoms with Gasteiger partial charge in [0.05, 0.1) is 0 Å². The topological polar surface area (TPSA) is 32.3 Å². The summed E-state index contributed by atoms with van der Waals surface area (Å²) in [6, 6.07) is 0.424. The molecule has 0 radical (unpaired) electrons. The fourth-order valence-electron chi connectivity index (χ4n) is 1.41. The third-order valence-electron chi connectivity index (χ3n) is 2.04. The molecule has 1 aliphatic heterocycles. The van der Waals surface area contributed by atoms with Gasteiger partial charge in [0.15, 0.2) is 0 Å². The molecule has 1 rings (SSSR count). The maximum atomic E-state index is 11.4. The van der Waals surface area contributed by atoms with Crippen LogP contribution in [0.4, 0.5) is 0 Å². The lowest BCUT2D eigenvalue weighted by Crippen LogP contribution is -2.51. The number of nitrogens with one attached hydrogen (secondary N) is 1. The van der Waals surface area contributed by atoms with Crippen molar-refractivity contribution in [2.45, 2.75) is 19.4 Å². The maximum absolute atomic E-state index is 11.4. The average Bonchev–Trinajstić information content (AvgIpc) is 2.05. The summed E-state index contributed by atoms with van der Waals surface area (Å²) < 4.78 is 0. The van der Waals surface area contributed by atoms with E-state index in [1.165, 1.54) is 0 Å². The van der Waals surface area contributed by atoms with Gasteiger partial charge in [0.25, 0.3) is 0 Å². The first kappa shape index (κ1) is 9.26. The maximum Gasteiger partial charge on any atom is 0.226 e. The van der Waals surface area contributed by atoms with Crippen LogP contribution in [0.2, 0.25) is 0 Å². The smallest absolute Gasteiger partial charge is 0.226 e. The molecule has 1 aliphatic rings. The SMILES string of the molecule is C=CCC(=O)N1CCN[C@@H](C)C1. The zero-order valence-electron chi connectivity index (χ0n) is 7.55. The molecule has 3 heteroatoms. The third kappa shape index (κ3) is 2.34. The Morgan fingerprint density at radius 3 is 3.17 bits per heavy atom. The summed E-state index contributed by atoms with van der Waals surface area (Å²) in [5, 5.41) is 3.29.